The van der Waals surface area contributed by atoms with Crippen LogP contribution in [0.4, 0.5) is 10.7 Å². The SMILES string of the molecule is COC(=O)CC1CCN(Cc2cc(Cl)nc(Oc3cnc(N4CCN5CCN(C(=O)OC(C)(C)C)CC5C4)nc3)c2)CC1. The lowest BCUT2D eigenvalue weighted by molar-refractivity contribution is -0.142. The van der Waals surface area contributed by atoms with Gasteiger partial charge in [0.25, 0.3) is 0 Å². The van der Waals surface area contributed by atoms with Crippen molar-refractivity contribution in [1.82, 2.24) is 29.7 Å². The van der Waals surface area contributed by atoms with Crippen LogP contribution in [-0.4, -0.2) is 113 Å². The smallest absolute Gasteiger partial charge is 0.410 e. The highest BCUT2D eigenvalue weighted by Gasteiger charge is 2.36. The number of piperazine rings is 2. The van der Waals surface area contributed by atoms with Crippen molar-refractivity contribution < 1.29 is 23.8 Å². The summed E-state index contributed by atoms with van der Waals surface area (Å²) in [6.45, 7) is 12.7. The number of piperidine rings is 1. The largest absolute Gasteiger partial charge is 0.469 e. The van der Waals surface area contributed by atoms with E-state index in [1.165, 1.54) is 7.11 Å². The van der Waals surface area contributed by atoms with Crippen molar-refractivity contribution in [3.8, 4) is 11.6 Å². The van der Waals surface area contributed by atoms with Crippen molar-refractivity contribution in [2.75, 3.05) is 64.4 Å². The van der Waals surface area contributed by atoms with E-state index >= 15 is 0 Å². The third-order valence-corrected chi connectivity index (χ3v) is 8.28. The van der Waals surface area contributed by atoms with Crippen LogP contribution in [0.3, 0.4) is 0 Å². The van der Waals surface area contributed by atoms with Crippen LogP contribution in [0.2, 0.25) is 5.15 Å². The van der Waals surface area contributed by atoms with Crippen molar-refractivity contribution in [3.05, 3.63) is 35.2 Å². The van der Waals surface area contributed by atoms with Gasteiger partial charge in [-0.3, -0.25) is 14.6 Å². The minimum absolute atomic E-state index is 0.142. The number of esters is 1. The highest BCUT2D eigenvalue weighted by molar-refractivity contribution is 6.29. The van der Waals surface area contributed by atoms with E-state index < -0.39 is 5.60 Å². The Labute approximate surface area is 258 Å². The molecule has 3 aliphatic heterocycles. The minimum Gasteiger partial charge on any atom is -0.469 e. The van der Waals surface area contributed by atoms with Crippen LogP contribution in [0.5, 0.6) is 11.6 Å². The van der Waals surface area contributed by atoms with Gasteiger partial charge < -0.3 is 24.0 Å². The Hall–Kier alpha value is -3.22. The molecule has 0 spiro atoms. The maximum atomic E-state index is 12.6. The summed E-state index contributed by atoms with van der Waals surface area (Å²) in [5.41, 5.74) is 0.488. The predicted octanol–water partition coefficient (Wildman–Crippen LogP) is 3.83. The molecule has 0 bridgehead atoms. The van der Waals surface area contributed by atoms with E-state index in [9.17, 15) is 9.59 Å². The zero-order chi connectivity index (χ0) is 30.6. The molecule has 5 rings (SSSR count). The second kappa shape index (κ2) is 13.6. The molecule has 0 N–H and O–H groups in total. The molecule has 2 aromatic heterocycles. The maximum Gasteiger partial charge on any atom is 0.410 e. The second-order valence-electron chi connectivity index (χ2n) is 12.5. The van der Waals surface area contributed by atoms with E-state index in [4.69, 9.17) is 25.8 Å². The molecule has 3 fully saturated rings. The van der Waals surface area contributed by atoms with Gasteiger partial charge in [0.1, 0.15) is 10.8 Å². The first-order valence-corrected chi connectivity index (χ1v) is 15.3. The molecule has 0 aromatic carbocycles. The molecule has 1 amide bonds. The van der Waals surface area contributed by atoms with Gasteiger partial charge in [-0.2, -0.15) is 0 Å². The van der Waals surface area contributed by atoms with Gasteiger partial charge in [0, 0.05) is 64.3 Å². The molecular weight excluding hydrogens is 574 g/mol. The highest BCUT2D eigenvalue weighted by Crippen LogP contribution is 2.27. The molecule has 1 unspecified atom stereocenters. The molecular formula is C30H42ClN7O5. The van der Waals surface area contributed by atoms with Crippen molar-refractivity contribution in [1.29, 1.82) is 0 Å². The average Bonchev–Trinajstić information content (AvgIpc) is 2.97. The second-order valence-corrected chi connectivity index (χ2v) is 12.9. The number of carbonyl (C=O) groups excluding carboxylic acids is 2. The molecule has 0 radical (unpaired) electrons. The normalized spacial score (nSPS) is 20.4. The van der Waals surface area contributed by atoms with Gasteiger partial charge >= 0.3 is 12.1 Å². The monoisotopic (exact) mass is 615 g/mol. The summed E-state index contributed by atoms with van der Waals surface area (Å²) in [5, 5.41) is 0.358. The maximum absolute atomic E-state index is 12.6. The Balaban J connectivity index is 1.14. The fraction of sp³-hybridized carbons (Fsp3) is 0.633. The topological polar surface area (TPSA) is 113 Å². The number of likely N-dealkylation sites (tertiary alicyclic amines) is 1. The highest BCUT2D eigenvalue weighted by atomic mass is 35.5. The Morgan fingerprint density at radius 3 is 2.42 bits per heavy atom. The number of halogens is 1. The Morgan fingerprint density at radius 2 is 1.72 bits per heavy atom. The van der Waals surface area contributed by atoms with Gasteiger partial charge in [-0.1, -0.05) is 11.6 Å². The third kappa shape index (κ3) is 8.67. The van der Waals surface area contributed by atoms with E-state index in [0.717, 1.165) is 64.2 Å². The van der Waals surface area contributed by atoms with E-state index in [2.05, 4.69) is 29.7 Å². The van der Waals surface area contributed by atoms with Crippen molar-refractivity contribution in [2.45, 2.75) is 58.2 Å². The number of hydrogen-bond acceptors (Lipinski definition) is 11. The summed E-state index contributed by atoms with van der Waals surface area (Å²) in [5.74, 6) is 1.70. The number of pyridine rings is 1. The molecule has 0 saturated carbocycles. The number of carbonyl (C=O) groups is 2. The number of aromatic nitrogens is 3. The van der Waals surface area contributed by atoms with Crippen LogP contribution in [0.15, 0.2) is 24.5 Å². The van der Waals surface area contributed by atoms with Crippen LogP contribution in [0.25, 0.3) is 0 Å². The summed E-state index contributed by atoms with van der Waals surface area (Å²) in [6.07, 6.45) is 5.43. The van der Waals surface area contributed by atoms with Crippen LogP contribution in [0.1, 0.15) is 45.6 Å². The van der Waals surface area contributed by atoms with Crippen LogP contribution >= 0.6 is 11.6 Å². The van der Waals surface area contributed by atoms with E-state index in [0.29, 0.717) is 48.2 Å². The number of fused-ring (bicyclic) bond motifs is 1. The number of hydrogen-bond donors (Lipinski definition) is 0. The van der Waals surface area contributed by atoms with Gasteiger partial charge in [-0.05, 0) is 64.3 Å². The standard InChI is InChI=1S/C30H42ClN7O5/c1-30(2,3)43-29(40)38-12-10-36-9-11-37(19-23(36)20-38)28-32-16-24(17-33-28)42-26-14-22(13-25(31)34-26)18-35-7-5-21(6-8-35)15-27(39)41-4/h13-14,16-17,21,23H,5-12,15,18-20H2,1-4H3. The van der Waals surface area contributed by atoms with Gasteiger partial charge in [0.2, 0.25) is 11.8 Å². The zero-order valence-corrected chi connectivity index (χ0v) is 26.3. The van der Waals surface area contributed by atoms with E-state index in [-0.39, 0.29) is 18.1 Å². The van der Waals surface area contributed by atoms with Gasteiger partial charge in [0.05, 0.1) is 19.5 Å². The van der Waals surface area contributed by atoms with Crippen LogP contribution in [0, 0.1) is 5.92 Å². The minimum atomic E-state index is -0.516. The van der Waals surface area contributed by atoms with Crippen LogP contribution < -0.4 is 9.64 Å². The third-order valence-electron chi connectivity index (χ3n) is 8.09. The lowest BCUT2D eigenvalue weighted by Crippen LogP contribution is -2.63. The first-order chi connectivity index (χ1) is 20.5. The van der Waals surface area contributed by atoms with Crippen molar-refractivity contribution in [2.24, 2.45) is 5.92 Å². The van der Waals surface area contributed by atoms with E-state index in [1.54, 1.807) is 17.3 Å². The molecule has 13 heteroatoms. The number of amides is 1. The molecule has 2 aromatic rings. The first-order valence-electron chi connectivity index (χ1n) is 15.0. The van der Waals surface area contributed by atoms with Gasteiger partial charge in [-0.25, -0.2) is 19.7 Å². The summed E-state index contributed by atoms with van der Waals surface area (Å²) >= 11 is 6.34. The zero-order valence-electron chi connectivity index (χ0n) is 25.5. The number of rotatable bonds is 7. The summed E-state index contributed by atoms with van der Waals surface area (Å²) < 4.78 is 16.4. The van der Waals surface area contributed by atoms with Crippen LogP contribution in [-0.2, 0) is 20.8 Å². The van der Waals surface area contributed by atoms with E-state index in [1.807, 2.05) is 32.9 Å². The Morgan fingerprint density at radius 1 is 1.00 bits per heavy atom. The lowest BCUT2D eigenvalue weighted by Gasteiger charge is -2.47. The van der Waals surface area contributed by atoms with Gasteiger partial charge in [0.15, 0.2) is 5.75 Å². The number of methoxy groups -OCH3 is 1. The first kappa shape index (κ1) is 31.2. The quantitative estimate of drug-likeness (QED) is 0.334. The fourth-order valence-corrected chi connectivity index (χ4v) is 6.09. The summed E-state index contributed by atoms with van der Waals surface area (Å²) in [7, 11) is 1.44. The number of nitrogens with zero attached hydrogens (tertiary/aromatic N) is 7. The number of ether oxygens (including phenoxy) is 3. The summed E-state index contributed by atoms with van der Waals surface area (Å²) in [6, 6.07) is 3.92. The number of anilines is 1. The fourth-order valence-electron chi connectivity index (χ4n) is 5.87. The predicted molar refractivity (Wildman–Crippen MR) is 161 cm³/mol. The molecule has 3 saturated heterocycles. The molecule has 12 nitrogen and oxygen atoms in total. The summed E-state index contributed by atoms with van der Waals surface area (Å²) in [4.78, 5) is 46.4. The molecule has 5 heterocycles. The van der Waals surface area contributed by atoms with Crippen molar-refractivity contribution >= 4 is 29.6 Å². The lowest BCUT2D eigenvalue weighted by atomic mass is 9.93. The Bertz CT molecular complexity index is 1270. The average molecular weight is 616 g/mol. The molecule has 43 heavy (non-hydrogen) atoms. The molecule has 3 aliphatic rings. The molecule has 0 aliphatic carbocycles. The Kier molecular flexibility index (Phi) is 9.88. The molecule has 1 atom stereocenters. The van der Waals surface area contributed by atoms with Gasteiger partial charge in [-0.15, -0.1) is 0 Å². The van der Waals surface area contributed by atoms with Crippen molar-refractivity contribution in [3.63, 3.8) is 0 Å². The molecule has 234 valence electrons.